The lowest BCUT2D eigenvalue weighted by Crippen LogP contribution is -2.37. The fourth-order valence-electron chi connectivity index (χ4n) is 4.28. The van der Waals surface area contributed by atoms with Crippen molar-refractivity contribution in [2.24, 2.45) is 5.92 Å². The maximum atomic E-state index is 13.8. The van der Waals surface area contributed by atoms with Crippen molar-refractivity contribution in [3.05, 3.63) is 98.0 Å². The molecule has 1 unspecified atom stereocenters. The lowest BCUT2D eigenvalue weighted by atomic mass is 9.97. The number of rotatable bonds is 11. The first kappa shape index (κ1) is 27.7. The van der Waals surface area contributed by atoms with Gasteiger partial charge in [0.15, 0.2) is 11.6 Å². The second kappa shape index (κ2) is 12.5. The van der Waals surface area contributed by atoms with Crippen LogP contribution in [0.25, 0.3) is 0 Å². The van der Waals surface area contributed by atoms with Crippen LogP contribution in [0.15, 0.2) is 54.6 Å². The van der Waals surface area contributed by atoms with E-state index in [0.29, 0.717) is 35.9 Å². The normalized spacial score (nSPS) is 13.9. The van der Waals surface area contributed by atoms with Gasteiger partial charge < -0.3 is 9.64 Å². The van der Waals surface area contributed by atoms with Crippen molar-refractivity contribution < 1.29 is 18.3 Å². The molecule has 0 bridgehead atoms. The minimum absolute atomic E-state index is 0.114. The monoisotopic (exact) mass is 565 g/mol. The number of hydrogen-bond acceptors (Lipinski definition) is 2. The molecule has 8 heteroatoms. The van der Waals surface area contributed by atoms with E-state index in [4.69, 9.17) is 39.5 Å². The molecule has 1 atom stereocenters. The minimum atomic E-state index is -0.713. The van der Waals surface area contributed by atoms with Crippen LogP contribution in [-0.4, -0.2) is 23.5 Å². The molecule has 3 aromatic carbocycles. The van der Waals surface area contributed by atoms with Crippen LogP contribution in [0.3, 0.4) is 0 Å². The fourth-order valence-corrected chi connectivity index (χ4v) is 4.87. The van der Waals surface area contributed by atoms with Gasteiger partial charge in [0, 0.05) is 18.5 Å². The van der Waals surface area contributed by atoms with Crippen molar-refractivity contribution in [3.8, 4) is 5.75 Å². The van der Waals surface area contributed by atoms with E-state index in [0.717, 1.165) is 41.7 Å². The third-order valence-corrected chi connectivity index (χ3v) is 7.70. The van der Waals surface area contributed by atoms with Gasteiger partial charge in [0.25, 0.3) is 0 Å². The Hall–Kier alpha value is -2.34. The molecule has 1 aliphatic carbocycles. The summed E-state index contributed by atoms with van der Waals surface area (Å²) in [6.07, 6.45) is 3.97. The van der Waals surface area contributed by atoms with Gasteiger partial charge in [-0.2, -0.15) is 0 Å². The Balaban J connectivity index is 1.28. The number of halogens is 5. The summed E-state index contributed by atoms with van der Waals surface area (Å²) in [5.41, 5.74) is 3.02. The average molecular weight is 567 g/mol. The Morgan fingerprint density at radius 1 is 0.973 bits per heavy atom. The molecule has 4 rings (SSSR count). The number of nitrogens with zero attached hydrogens (tertiary/aromatic N) is 1. The number of amides is 1. The molecule has 1 fully saturated rings. The largest absolute Gasteiger partial charge is 0.489 e. The molecular formula is C29H28Cl3F2NO2. The van der Waals surface area contributed by atoms with E-state index in [-0.39, 0.29) is 35.2 Å². The summed E-state index contributed by atoms with van der Waals surface area (Å²) in [6, 6.07) is 15.8. The molecule has 0 N–H and O–H groups in total. The second-order valence-corrected chi connectivity index (χ2v) is 10.6. The zero-order chi connectivity index (χ0) is 26.5. The molecule has 0 saturated heterocycles. The van der Waals surface area contributed by atoms with E-state index >= 15 is 0 Å². The summed E-state index contributed by atoms with van der Waals surface area (Å²) in [4.78, 5) is 15.3. The molecule has 3 nitrogen and oxygen atoms in total. The molecule has 0 aromatic heterocycles. The lowest BCUT2D eigenvalue weighted by molar-refractivity contribution is -0.136. The Morgan fingerprint density at radius 2 is 1.65 bits per heavy atom. The molecule has 196 valence electrons. The van der Waals surface area contributed by atoms with Crippen LogP contribution in [0.1, 0.15) is 42.9 Å². The van der Waals surface area contributed by atoms with Crippen LogP contribution in [-0.2, 0) is 24.2 Å². The van der Waals surface area contributed by atoms with Crippen molar-refractivity contribution in [1.82, 2.24) is 4.90 Å². The van der Waals surface area contributed by atoms with Gasteiger partial charge >= 0.3 is 0 Å². The molecule has 1 aliphatic rings. The van der Waals surface area contributed by atoms with Crippen molar-refractivity contribution in [2.45, 2.75) is 51.6 Å². The van der Waals surface area contributed by atoms with E-state index < -0.39 is 11.6 Å². The zero-order valence-corrected chi connectivity index (χ0v) is 22.7. The van der Waals surface area contributed by atoms with Gasteiger partial charge in [-0.25, -0.2) is 8.78 Å². The number of carbonyl (C=O) groups excluding carboxylic acids is 1. The van der Waals surface area contributed by atoms with E-state index in [1.54, 1.807) is 6.07 Å². The highest BCUT2D eigenvalue weighted by molar-refractivity contribution is 6.42. The number of carbonyl (C=O) groups is 1. The van der Waals surface area contributed by atoms with Crippen LogP contribution in [0, 0.1) is 17.6 Å². The Labute approximate surface area is 231 Å². The molecule has 0 radical (unpaired) electrons. The van der Waals surface area contributed by atoms with E-state index in [9.17, 15) is 13.6 Å². The molecule has 1 saturated carbocycles. The number of hydrogen-bond donors (Lipinski definition) is 0. The topological polar surface area (TPSA) is 29.5 Å². The first-order valence-corrected chi connectivity index (χ1v) is 13.5. The van der Waals surface area contributed by atoms with Crippen molar-refractivity contribution in [1.29, 1.82) is 0 Å². The van der Waals surface area contributed by atoms with E-state index in [1.807, 2.05) is 48.2 Å². The number of aryl methyl sites for hydroxylation is 1. The van der Waals surface area contributed by atoms with Crippen molar-refractivity contribution in [3.63, 3.8) is 0 Å². The highest BCUT2D eigenvalue weighted by Gasteiger charge is 2.35. The smallest absolute Gasteiger partial charge is 0.226 e. The summed E-state index contributed by atoms with van der Waals surface area (Å²) in [6.45, 7) is 2.62. The van der Waals surface area contributed by atoms with Crippen LogP contribution < -0.4 is 4.74 Å². The molecule has 37 heavy (non-hydrogen) atoms. The van der Waals surface area contributed by atoms with Gasteiger partial charge in [-0.3, -0.25) is 4.79 Å². The zero-order valence-electron chi connectivity index (χ0n) is 20.5. The molecular weight excluding hydrogens is 539 g/mol. The van der Waals surface area contributed by atoms with Gasteiger partial charge in [-0.15, -0.1) is 0 Å². The summed E-state index contributed by atoms with van der Waals surface area (Å²) >= 11 is 18.3. The maximum absolute atomic E-state index is 13.8. The Morgan fingerprint density at radius 3 is 2.35 bits per heavy atom. The van der Waals surface area contributed by atoms with Gasteiger partial charge in [0.2, 0.25) is 5.91 Å². The highest BCUT2D eigenvalue weighted by atomic mass is 35.5. The standard InChI is InChI=1S/C29H28Cl3F2NO2/c1-18(29(36)35(22-11-12-22)17-21-5-2-6-23(30)26(21)31)16-20-9-7-19(8-10-20)4-3-15-37-28-25(34)14-13-24(33)27(28)32/h2,5-10,13-14,18,22H,3-4,11-12,15-17H2,1H3. The second-order valence-electron chi connectivity index (χ2n) is 9.46. The Kier molecular flexibility index (Phi) is 9.33. The van der Waals surface area contributed by atoms with E-state index in [2.05, 4.69) is 0 Å². The van der Waals surface area contributed by atoms with Gasteiger partial charge in [-0.1, -0.05) is 78.1 Å². The van der Waals surface area contributed by atoms with Gasteiger partial charge in [-0.05, 0) is 67.0 Å². The van der Waals surface area contributed by atoms with Crippen LogP contribution in [0.5, 0.6) is 5.75 Å². The van der Waals surface area contributed by atoms with Gasteiger partial charge in [0.05, 0.1) is 16.7 Å². The SMILES string of the molecule is CC(Cc1ccc(CCCOc2c(F)ccc(F)c2Cl)cc1)C(=O)N(Cc1cccc(Cl)c1Cl)C1CC1. The third-order valence-electron chi connectivity index (χ3n) is 6.49. The third kappa shape index (κ3) is 7.16. The average Bonchev–Trinajstić information content (AvgIpc) is 3.73. The molecule has 0 aliphatic heterocycles. The summed E-state index contributed by atoms with van der Waals surface area (Å²) in [7, 11) is 0. The van der Waals surface area contributed by atoms with Gasteiger partial charge in [0.1, 0.15) is 10.8 Å². The van der Waals surface area contributed by atoms with E-state index in [1.165, 1.54) is 0 Å². The molecule has 3 aromatic rings. The summed E-state index contributed by atoms with van der Waals surface area (Å²) in [5.74, 6) is -1.72. The summed E-state index contributed by atoms with van der Waals surface area (Å²) in [5, 5.41) is 0.649. The summed E-state index contributed by atoms with van der Waals surface area (Å²) < 4.78 is 32.7. The van der Waals surface area contributed by atoms with Crippen LogP contribution in [0.4, 0.5) is 8.78 Å². The molecule has 0 heterocycles. The predicted molar refractivity (Wildman–Crippen MR) is 145 cm³/mol. The number of benzene rings is 3. The Bertz CT molecular complexity index is 1250. The first-order chi connectivity index (χ1) is 17.7. The van der Waals surface area contributed by atoms with Crippen LogP contribution in [0.2, 0.25) is 15.1 Å². The molecule has 0 spiro atoms. The maximum Gasteiger partial charge on any atom is 0.226 e. The first-order valence-electron chi connectivity index (χ1n) is 12.3. The van der Waals surface area contributed by atoms with Crippen molar-refractivity contribution in [2.75, 3.05) is 6.61 Å². The van der Waals surface area contributed by atoms with Crippen molar-refractivity contribution >= 4 is 40.7 Å². The van der Waals surface area contributed by atoms with Crippen LogP contribution >= 0.6 is 34.8 Å². The minimum Gasteiger partial charge on any atom is -0.489 e. The predicted octanol–water partition coefficient (Wildman–Crippen LogP) is 8.31. The highest BCUT2D eigenvalue weighted by Crippen LogP contribution is 2.34. The number of ether oxygens (including phenoxy) is 1. The quantitative estimate of drug-likeness (QED) is 0.173. The fraction of sp³-hybridized carbons (Fsp3) is 0.345. The molecule has 1 amide bonds. The lowest BCUT2D eigenvalue weighted by Gasteiger charge is -2.26.